The molecular weight excluding hydrogens is 400 g/mol. The molecule has 1 atom stereocenters. The third-order valence-corrected chi connectivity index (χ3v) is 6.11. The summed E-state index contributed by atoms with van der Waals surface area (Å²) < 4.78 is 21.4. The maximum Gasteiger partial charge on any atom is 0.253 e. The van der Waals surface area contributed by atoms with E-state index in [0.717, 1.165) is 18.7 Å². The third kappa shape index (κ3) is 4.77. The molecule has 30 heavy (non-hydrogen) atoms. The number of hydrogen-bond acceptors (Lipinski definition) is 5. The van der Waals surface area contributed by atoms with Gasteiger partial charge in [-0.25, -0.2) is 4.21 Å². The van der Waals surface area contributed by atoms with Crippen LogP contribution in [0.4, 0.5) is 5.69 Å². The second-order valence-corrected chi connectivity index (χ2v) is 8.12. The zero-order valence-corrected chi connectivity index (χ0v) is 18.1. The topological polar surface area (TPSA) is 74.8 Å². The number of aromatic nitrogens is 1. The van der Waals surface area contributed by atoms with Crippen molar-refractivity contribution < 1.29 is 13.7 Å². The lowest BCUT2D eigenvalue weighted by Crippen LogP contribution is -2.47. The average Bonchev–Trinajstić information content (AvgIpc) is 2.78. The van der Waals surface area contributed by atoms with Crippen LogP contribution in [0.25, 0.3) is 12.2 Å². The van der Waals surface area contributed by atoms with Gasteiger partial charge in [-0.15, -0.1) is 0 Å². The van der Waals surface area contributed by atoms with Crippen LogP contribution in [-0.2, 0) is 11.0 Å². The Morgan fingerprint density at radius 2 is 1.93 bits per heavy atom. The van der Waals surface area contributed by atoms with Crippen molar-refractivity contribution in [1.29, 1.82) is 0 Å². The lowest BCUT2D eigenvalue weighted by Gasteiger charge is -2.32. The molecule has 1 aromatic carbocycles. The molecule has 3 rings (SSSR count). The summed E-state index contributed by atoms with van der Waals surface area (Å²) in [6, 6.07) is 6.80. The average molecular weight is 427 g/mol. The van der Waals surface area contributed by atoms with Gasteiger partial charge in [0.15, 0.2) is 11.0 Å². The van der Waals surface area contributed by atoms with E-state index >= 15 is 0 Å². The number of ether oxygens (including phenoxy) is 1. The van der Waals surface area contributed by atoms with E-state index in [1.54, 1.807) is 42.6 Å². The number of likely N-dealkylation sites (N-methyl/N-ethyl adjacent to an activating group) is 1. The van der Waals surface area contributed by atoms with Gasteiger partial charge in [-0.2, -0.15) is 0 Å². The fourth-order valence-electron chi connectivity index (χ4n) is 3.19. The first-order chi connectivity index (χ1) is 14.5. The zero-order chi connectivity index (χ0) is 21.7. The van der Waals surface area contributed by atoms with Crippen molar-refractivity contribution in [2.24, 2.45) is 0 Å². The second-order valence-electron chi connectivity index (χ2n) is 6.94. The smallest absolute Gasteiger partial charge is 0.253 e. The molecule has 1 aliphatic heterocycles. The number of hydrogen-bond donors (Lipinski definition) is 1. The molecule has 8 heteroatoms. The number of methoxy groups -OCH3 is 1. The summed E-state index contributed by atoms with van der Waals surface area (Å²) in [7, 11) is 1.89. The van der Waals surface area contributed by atoms with Crippen molar-refractivity contribution >= 4 is 34.7 Å². The molecule has 158 valence electrons. The van der Waals surface area contributed by atoms with E-state index in [2.05, 4.69) is 27.8 Å². The van der Waals surface area contributed by atoms with E-state index in [4.69, 9.17) is 4.74 Å². The van der Waals surface area contributed by atoms with Gasteiger partial charge in [0, 0.05) is 37.3 Å². The Morgan fingerprint density at radius 3 is 2.57 bits per heavy atom. The zero-order valence-electron chi connectivity index (χ0n) is 17.3. The van der Waals surface area contributed by atoms with Gasteiger partial charge < -0.3 is 14.5 Å². The van der Waals surface area contributed by atoms with E-state index in [9.17, 15) is 9.00 Å². The molecule has 0 radical (unpaired) electrons. The predicted molar refractivity (Wildman–Crippen MR) is 121 cm³/mol. The van der Waals surface area contributed by atoms with Crippen LogP contribution in [0.1, 0.15) is 21.6 Å². The van der Waals surface area contributed by atoms with Gasteiger partial charge in [0.2, 0.25) is 0 Å². The van der Waals surface area contributed by atoms with Crippen molar-refractivity contribution in [3.8, 4) is 5.75 Å². The minimum absolute atomic E-state index is 0.0741. The fourth-order valence-corrected chi connectivity index (χ4v) is 4.19. The Morgan fingerprint density at radius 1 is 1.20 bits per heavy atom. The van der Waals surface area contributed by atoms with E-state index < -0.39 is 11.0 Å². The number of nitrogens with zero attached hydrogens (tertiary/aromatic N) is 3. The number of carbonyl (C=O) groups excluding carboxylic acids is 1. The summed E-state index contributed by atoms with van der Waals surface area (Å²) in [6.45, 7) is 10.5. The Labute approximate surface area is 179 Å². The number of carbonyl (C=O) groups is 1. The molecular formula is C22H26N4O3S. The van der Waals surface area contributed by atoms with Crippen LogP contribution in [0.5, 0.6) is 5.75 Å². The highest BCUT2D eigenvalue weighted by Gasteiger charge is 2.22. The molecule has 0 bridgehead atoms. The fraction of sp³-hybridized carbons (Fsp3) is 0.273. The molecule has 1 aromatic heterocycles. The number of rotatable bonds is 7. The van der Waals surface area contributed by atoms with Crippen LogP contribution < -0.4 is 9.46 Å². The lowest BCUT2D eigenvalue weighted by atomic mass is 10.1. The SMILES string of the molecule is C=Cc1cc(NS(=O)c2cc(C(=O)N3CCN(C)CC3)ccc2OC)cnc1C=C. The number of pyridine rings is 1. The first-order valence-corrected chi connectivity index (χ1v) is 10.7. The van der Waals surface area contributed by atoms with Crippen molar-refractivity contribution in [1.82, 2.24) is 14.8 Å². The van der Waals surface area contributed by atoms with Gasteiger partial charge in [0.05, 0.1) is 24.7 Å². The Kier molecular flexibility index (Phi) is 7.02. The number of piperazine rings is 1. The normalized spacial score (nSPS) is 15.3. The molecule has 1 aliphatic rings. The Balaban J connectivity index is 1.84. The van der Waals surface area contributed by atoms with E-state index in [1.165, 1.54) is 7.11 Å². The van der Waals surface area contributed by atoms with Crippen LogP contribution in [0.15, 0.2) is 48.5 Å². The maximum atomic E-state index is 13.1. The first kappa shape index (κ1) is 21.7. The minimum atomic E-state index is -1.66. The molecule has 1 N–H and O–H groups in total. The molecule has 0 aliphatic carbocycles. The molecule has 1 fully saturated rings. The standard InChI is InChI=1S/C22H26N4O3S/c1-5-16-13-18(15-23-19(16)6-2)24-30(28)21-14-17(7-8-20(21)29-4)22(27)26-11-9-25(3)10-12-26/h5-8,13-15,24H,1-2,9-12H2,3-4H3. The van der Waals surface area contributed by atoms with Crippen molar-refractivity contribution in [3.05, 3.63) is 60.4 Å². The van der Waals surface area contributed by atoms with Crippen LogP contribution in [0.3, 0.4) is 0 Å². The molecule has 1 unspecified atom stereocenters. The van der Waals surface area contributed by atoms with E-state index in [-0.39, 0.29) is 5.91 Å². The molecule has 7 nitrogen and oxygen atoms in total. The van der Waals surface area contributed by atoms with Gasteiger partial charge in [-0.3, -0.25) is 14.5 Å². The molecule has 2 aromatic rings. The van der Waals surface area contributed by atoms with Crippen LogP contribution >= 0.6 is 0 Å². The summed E-state index contributed by atoms with van der Waals surface area (Å²) >= 11 is 0. The Hall–Kier alpha value is -2.97. The highest BCUT2D eigenvalue weighted by atomic mass is 32.2. The highest BCUT2D eigenvalue weighted by molar-refractivity contribution is 7.86. The molecule has 2 heterocycles. The van der Waals surface area contributed by atoms with Crippen LogP contribution in [-0.4, -0.2) is 65.2 Å². The van der Waals surface area contributed by atoms with Crippen LogP contribution in [0.2, 0.25) is 0 Å². The van der Waals surface area contributed by atoms with Crippen LogP contribution in [0, 0.1) is 0 Å². The summed E-state index contributed by atoms with van der Waals surface area (Å²) in [6.07, 6.45) is 4.87. The van der Waals surface area contributed by atoms with E-state index in [0.29, 0.717) is 40.7 Å². The molecule has 1 saturated heterocycles. The van der Waals surface area contributed by atoms with Gasteiger partial charge in [-0.05, 0) is 37.4 Å². The summed E-state index contributed by atoms with van der Waals surface area (Å²) in [5, 5.41) is 0. The second kappa shape index (κ2) is 9.69. The number of benzene rings is 1. The summed E-state index contributed by atoms with van der Waals surface area (Å²) in [5.41, 5.74) is 2.51. The van der Waals surface area contributed by atoms with Crippen molar-refractivity contribution in [3.63, 3.8) is 0 Å². The third-order valence-electron chi connectivity index (χ3n) is 4.97. The first-order valence-electron chi connectivity index (χ1n) is 9.56. The van der Waals surface area contributed by atoms with E-state index in [1.807, 2.05) is 11.9 Å². The van der Waals surface area contributed by atoms with Gasteiger partial charge in [-0.1, -0.05) is 19.2 Å². The van der Waals surface area contributed by atoms with Crippen molar-refractivity contribution in [2.75, 3.05) is 45.1 Å². The Bertz CT molecular complexity index is 984. The summed E-state index contributed by atoms with van der Waals surface area (Å²) in [4.78, 5) is 21.6. The predicted octanol–water partition coefficient (Wildman–Crippen LogP) is 2.90. The quantitative estimate of drug-likeness (QED) is 0.737. The molecule has 0 saturated carbocycles. The van der Waals surface area contributed by atoms with Gasteiger partial charge in [0.25, 0.3) is 5.91 Å². The lowest BCUT2D eigenvalue weighted by molar-refractivity contribution is 0.0664. The number of anilines is 1. The largest absolute Gasteiger partial charge is 0.495 e. The van der Waals surface area contributed by atoms with Gasteiger partial charge >= 0.3 is 0 Å². The molecule has 1 amide bonds. The van der Waals surface area contributed by atoms with Gasteiger partial charge in [0.1, 0.15) is 10.6 Å². The van der Waals surface area contributed by atoms with Crippen molar-refractivity contribution in [2.45, 2.75) is 4.90 Å². The number of amides is 1. The monoisotopic (exact) mass is 426 g/mol. The molecule has 0 spiro atoms. The minimum Gasteiger partial charge on any atom is -0.495 e. The highest BCUT2D eigenvalue weighted by Crippen LogP contribution is 2.26. The summed E-state index contributed by atoms with van der Waals surface area (Å²) in [5.74, 6) is 0.366. The maximum absolute atomic E-state index is 13.1. The number of nitrogens with one attached hydrogen (secondary N) is 1.